The van der Waals surface area contributed by atoms with E-state index in [1.165, 1.54) is 0 Å². The molecule has 9 aliphatic carbocycles. The van der Waals surface area contributed by atoms with Crippen molar-refractivity contribution in [3.8, 4) is 0 Å². The second-order valence-electron chi connectivity index (χ2n) is 20.2. The highest BCUT2D eigenvalue weighted by molar-refractivity contribution is 5.07. The summed E-state index contributed by atoms with van der Waals surface area (Å²) in [6, 6.07) is 0. The van der Waals surface area contributed by atoms with Crippen molar-refractivity contribution >= 4 is 0 Å². The molecule has 14 unspecified atom stereocenters. The monoisotopic (exact) mass is 615 g/mol. The van der Waals surface area contributed by atoms with E-state index in [9.17, 15) is 0 Å². The molecule has 0 N–H and O–H groups in total. The fraction of sp³-hybridized carbons (Fsp3) is 1.00. The maximum absolute atomic E-state index is 1.70. The Kier molecular flexibility index (Phi) is 9.46. The van der Waals surface area contributed by atoms with Crippen molar-refractivity contribution in [3.05, 3.63) is 0 Å². The largest absolute Gasteiger partial charge is 0.0533 e. The van der Waals surface area contributed by atoms with Crippen molar-refractivity contribution in [3.63, 3.8) is 0 Å². The highest BCUT2D eigenvalue weighted by atomic mass is 14.6. The molecule has 0 amide bonds. The predicted molar refractivity (Wildman–Crippen MR) is 190 cm³/mol. The quantitative estimate of drug-likeness (QED) is 0.295. The summed E-state index contributed by atoms with van der Waals surface area (Å²) in [4.78, 5) is 0. The van der Waals surface area contributed by atoms with Gasteiger partial charge in [0.1, 0.15) is 0 Å². The van der Waals surface area contributed by atoms with Crippen molar-refractivity contribution in [2.75, 3.05) is 0 Å². The topological polar surface area (TPSA) is 0 Å². The molecule has 0 aromatic rings. The molecule has 0 aromatic carbocycles. The first-order valence-electron chi connectivity index (χ1n) is 22.3. The summed E-state index contributed by atoms with van der Waals surface area (Å²) < 4.78 is 0. The molecule has 45 heavy (non-hydrogen) atoms. The van der Waals surface area contributed by atoms with Gasteiger partial charge in [-0.25, -0.2) is 0 Å². The highest BCUT2D eigenvalue weighted by Crippen LogP contribution is 2.66. The Balaban J connectivity index is 1.01. The van der Waals surface area contributed by atoms with E-state index in [0.717, 1.165) is 94.7 Å². The third-order valence-corrected chi connectivity index (χ3v) is 18.5. The fourth-order valence-electron chi connectivity index (χ4n) is 16.8. The maximum atomic E-state index is 1.70. The van der Waals surface area contributed by atoms with Gasteiger partial charge >= 0.3 is 0 Å². The molecular formula is C45H74. The zero-order chi connectivity index (χ0) is 29.7. The molecule has 0 radical (unpaired) electrons. The van der Waals surface area contributed by atoms with Crippen molar-refractivity contribution in [1.82, 2.24) is 0 Å². The van der Waals surface area contributed by atoms with E-state index in [1.807, 2.05) is 0 Å². The van der Waals surface area contributed by atoms with Gasteiger partial charge in [-0.2, -0.15) is 0 Å². The van der Waals surface area contributed by atoms with E-state index >= 15 is 0 Å². The number of hydrogen-bond acceptors (Lipinski definition) is 0. The van der Waals surface area contributed by atoms with Crippen LogP contribution in [0.1, 0.15) is 186 Å². The molecule has 0 bridgehead atoms. The predicted octanol–water partition coefficient (Wildman–Crippen LogP) is 13.3. The first-order valence-corrected chi connectivity index (χ1v) is 22.3. The van der Waals surface area contributed by atoms with Crippen LogP contribution >= 0.6 is 0 Å². The number of fused-ring (bicyclic) bond motifs is 6. The molecule has 0 heterocycles. The van der Waals surface area contributed by atoms with Crippen LogP contribution in [0.5, 0.6) is 0 Å². The SMILES string of the molecule is C1CCC(C2CC(C3CCC4CCCCC4C3)CC(C3CCC(C4CCCCC4)C4CC5CCC6CCCCC6C5C34)C2)CC1. The Bertz CT molecular complexity index is 953. The van der Waals surface area contributed by atoms with Gasteiger partial charge in [0.15, 0.2) is 0 Å². The Hall–Kier alpha value is 0. The lowest BCUT2D eigenvalue weighted by molar-refractivity contribution is -0.0528. The molecule has 254 valence electrons. The average molecular weight is 615 g/mol. The van der Waals surface area contributed by atoms with Crippen molar-refractivity contribution in [2.45, 2.75) is 186 Å². The van der Waals surface area contributed by atoms with Crippen LogP contribution < -0.4 is 0 Å². The van der Waals surface area contributed by atoms with Crippen LogP contribution in [-0.2, 0) is 0 Å². The van der Waals surface area contributed by atoms with Crippen LogP contribution in [-0.4, -0.2) is 0 Å². The molecular weight excluding hydrogens is 540 g/mol. The van der Waals surface area contributed by atoms with Gasteiger partial charge in [0.05, 0.1) is 0 Å². The standard InChI is InChI=1S/C45H74/c1-3-11-30(12-4-1)37-26-38(35-21-19-31-13-7-8-17-34(31)25-35)28-39(27-37)42-24-23-40(32-14-5-2-6-15-32)43-29-36-22-20-33-16-9-10-18-41(33)44(36)45(42)43/h30-45H,1-29H2. The molecule has 0 aromatic heterocycles. The van der Waals surface area contributed by atoms with E-state index in [2.05, 4.69) is 0 Å². The Morgan fingerprint density at radius 1 is 0.178 bits per heavy atom. The lowest BCUT2D eigenvalue weighted by Gasteiger charge is -2.54. The summed E-state index contributed by atoms with van der Waals surface area (Å²) in [5.41, 5.74) is 0. The van der Waals surface area contributed by atoms with Crippen molar-refractivity contribution in [1.29, 1.82) is 0 Å². The number of hydrogen-bond donors (Lipinski definition) is 0. The smallest absolute Gasteiger partial charge is 0.0318 e. The molecule has 9 rings (SSSR count). The highest BCUT2D eigenvalue weighted by Gasteiger charge is 2.58. The fourth-order valence-corrected chi connectivity index (χ4v) is 16.8. The molecule has 0 aliphatic heterocycles. The van der Waals surface area contributed by atoms with E-state index in [4.69, 9.17) is 0 Å². The van der Waals surface area contributed by atoms with E-state index in [1.54, 1.807) is 186 Å². The van der Waals surface area contributed by atoms with Gasteiger partial charge in [0.25, 0.3) is 0 Å². The molecule has 0 saturated heterocycles. The van der Waals surface area contributed by atoms with Gasteiger partial charge in [-0.15, -0.1) is 0 Å². The van der Waals surface area contributed by atoms with Gasteiger partial charge in [-0.05, 0) is 172 Å². The summed E-state index contributed by atoms with van der Waals surface area (Å²) in [7, 11) is 0. The lowest BCUT2D eigenvalue weighted by Crippen LogP contribution is -2.47. The Morgan fingerprint density at radius 2 is 0.600 bits per heavy atom. The summed E-state index contributed by atoms with van der Waals surface area (Å²) in [5.74, 6) is 18.1. The Labute approximate surface area is 280 Å². The summed E-state index contributed by atoms with van der Waals surface area (Å²) in [6.45, 7) is 0. The van der Waals surface area contributed by atoms with E-state index in [-0.39, 0.29) is 0 Å². The summed E-state index contributed by atoms with van der Waals surface area (Å²) in [5, 5.41) is 0. The van der Waals surface area contributed by atoms with Gasteiger partial charge in [-0.1, -0.05) is 109 Å². The van der Waals surface area contributed by atoms with Gasteiger partial charge in [0.2, 0.25) is 0 Å². The number of rotatable bonds is 4. The van der Waals surface area contributed by atoms with Crippen LogP contribution in [0.4, 0.5) is 0 Å². The van der Waals surface area contributed by atoms with Crippen molar-refractivity contribution < 1.29 is 0 Å². The second-order valence-corrected chi connectivity index (χ2v) is 20.2. The molecule has 0 spiro atoms. The van der Waals surface area contributed by atoms with Gasteiger partial charge in [-0.3, -0.25) is 0 Å². The maximum Gasteiger partial charge on any atom is -0.0318 e. The molecule has 0 nitrogen and oxygen atoms in total. The Morgan fingerprint density at radius 3 is 1.36 bits per heavy atom. The third-order valence-electron chi connectivity index (χ3n) is 18.5. The summed E-state index contributed by atoms with van der Waals surface area (Å²) in [6.07, 6.45) is 46.7. The summed E-state index contributed by atoms with van der Waals surface area (Å²) >= 11 is 0. The first-order chi connectivity index (χ1) is 22.3. The minimum atomic E-state index is 1.11. The van der Waals surface area contributed by atoms with Gasteiger partial charge in [0, 0.05) is 0 Å². The van der Waals surface area contributed by atoms with Crippen LogP contribution in [0.2, 0.25) is 0 Å². The third kappa shape index (κ3) is 6.08. The van der Waals surface area contributed by atoms with E-state index < -0.39 is 0 Å². The normalized spacial score (nSPS) is 51.5. The van der Waals surface area contributed by atoms with Crippen LogP contribution in [0.3, 0.4) is 0 Å². The molecule has 9 fully saturated rings. The average Bonchev–Trinajstić information content (AvgIpc) is 3.52. The second kappa shape index (κ2) is 13.7. The minimum Gasteiger partial charge on any atom is -0.0533 e. The van der Waals surface area contributed by atoms with E-state index in [0.29, 0.717) is 0 Å². The molecule has 14 atom stereocenters. The molecule has 9 saturated carbocycles. The van der Waals surface area contributed by atoms with Gasteiger partial charge < -0.3 is 0 Å². The van der Waals surface area contributed by atoms with Crippen LogP contribution in [0.25, 0.3) is 0 Å². The minimum absolute atomic E-state index is 1.11. The molecule has 9 aliphatic rings. The first kappa shape index (κ1) is 31.0. The zero-order valence-electron chi connectivity index (χ0n) is 29.7. The van der Waals surface area contributed by atoms with Crippen LogP contribution in [0, 0.1) is 94.7 Å². The van der Waals surface area contributed by atoms with Crippen LogP contribution in [0.15, 0.2) is 0 Å². The molecule has 0 heteroatoms. The lowest BCUT2D eigenvalue weighted by atomic mass is 9.51. The van der Waals surface area contributed by atoms with Crippen molar-refractivity contribution in [2.24, 2.45) is 94.7 Å². The zero-order valence-corrected chi connectivity index (χ0v) is 29.7.